The molecule has 21 nitrogen and oxygen atoms in total. The van der Waals surface area contributed by atoms with Crippen molar-refractivity contribution >= 4 is 87.2 Å². The van der Waals surface area contributed by atoms with Crippen LogP contribution in [0.5, 0.6) is 0 Å². The summed E-state index contributed by atoms with van der Waals surface area (Å²) in [7, 11) is 6.32. The van der Waals surface area contributed by atoms with Gasteiger partial charge >= 0.3 is 0 Å². The third-order valence-corrected chi connectivity index (χ3v) is 22.3. The topological polar surface area (TPSA) is 290 Å². The fourth-order valence-electron chi connectivity index (χ4n) is 12.6. The predicted molar refractivity (Wildman–Crippen MR) is 422 cm³/mol. The average Bonchev–Trinajstić information content (AvgIpc) is 1.62. The molecule has 4 amide bonds. The molecular formula is C81H81F2N17O4S3. The molecule has 6 atom stereocenters. The molecule has 1 unspecified atom stereocenters. The first-order chi connectivity index (χ1) is 51.1. The highest BCUT2D eigenvalue weighted by atomic mass is 32.1. The molecule has 0 radical (unpaired) electrons. The third kappa shape index (κ3) is 17.6. The number of hydrogen-bond acceptors (Lipinski definition) is 20. The molecule has 26 heteroatoms. The Balaban J connectivity index is 0.000000154. The molecule has 13 rings (SSSR count). The Morgan fingerprint density at radius 2 is 1.06 bits per heavy atom. The Morgan fingerprint density at radius 1 is 0.533 bits per heavy atom. The molecule has 0 saturated carbocycles. The minimum Gasteiger partial charge on any atom is -0.370 e. The summed E-state index contributed by atoms with van der Waals surface area (Å²) in [6, 6.07) is 21.4. The Kier molecular flexibility index (Phi) is 24.3. The van der Waals surface area contributed by atoms with E-state index in [0.717, 1.165) is 113 Å². The molecule has 0 bridgehead atoms. The van der Waals surface area contributed by atoms with E-state index in [9.17, 15) is 28.0 Å². The number of piperidine rings is 1. The maximum atomic E-state index is 14.7. The molecule has 546 valence electrons. The van der Waals surface area contributed by atoms with Gasteiger partial charge in [0.1, 0.15) is 11.1 Å². The number of alkyl halides is 1. The van der Waals surface area contributed by atoms with Crippen molar-refractivity contribution in [2.45, 2.75) is 116 Å². The van der Waals surface area contributed by atoms with E-state index >= 15 is 0 Å². The molecule has 0 aliphatic carbocycles. The quantitative estimate of drug-likeness (QED) is 0.0979. The average molecular weight is 1490 g/mol. The monoisotopic (exact) mass is 1490 g/mol. The summed E-state index contributed by atoms with van der Waals surface area (Å²) in [4.78, 5) is 94.7. The van der Waals surface area contributed by atoms with Gasteiger partial charge in [0.05, 0.1) is 42.7 Å². The van der Waals surface area contributed by atoms with Crippen LogP contribution in [-0.2, 0) is 30.3 Å². The van der Waals surface area contributed by atoms with E-state index < -0.39 is 33.8 Å². The van der Waals surface area contributed by atoms with E-state index in [1.807, 2.05) is 63.6 Å². The van der Waals surface area contributed by atoms with Crippen molar-refractivity contribution in [2.24, 2.45) is 48.8 Å². The number of aliphatic imine (C=N–C) groups is 4. The lowest BCUT2D eigenvalue weighted by atomic mass is 9.77. The van der Waals surface area contributed by atoms with Gasteiger partial charge in [-0.15, -0.1) is 63.6 Å². The zero-order valence-electron chi connectivity index (χ0n) is 61.5. The van der Waals surface area contributed by atoms with Gasteiger partial charge in [-0.3, -0.25) is 58.7 Å². The van der Waals surface area contributed by atoms with Crippen LogP contribution in [0.15, 0.2) is 142 Å². The van der Waals surface area contributed by atoms with Crippen LogP contribution in [0.4, 0.5) is 14.5 Å². The van der Waals surface area contributed by atoms with Crippen LogP contribution in [0.25, 0.3) is 43.8 Å². The van der Waals surface area contributed by atoms with Crippen molar-refractivity contribution in [1.82, 2.24) is 39.5 Å². The molecule has 0 spiro atoms. The Labute approximate surface area is 634 Å². The van der Waals surface area contributed by atoms with Crippen LogP contribution in [-0.4, -0.2) is 140 Å². The van der Waals surface area contributed by atoms with Gasteiger partial charge in [0.25, 0.3) is 5.91 Å². The van der Waals surface area contributed by atoms with Gasteiger partial charge in [-0.05, 0) is 139 Å². The molecule has 7 aromatic heterocycles. The number of guanidine groups is 4. The number of halogens is 2. The van der Waals surface area contributed by atoms with E-state index in [1.54, 1.807) is 95.4 Å². The zero-order valence-corrected chi connectivity index (χ0v) is 63.9. The molecule has 1 aromatic carbocycles. The maximum Gasteiger partial charge on any atom is 0.266 e. The summed E-state index contributed by atoms with van der Waals surface area (Å²) >= 11 is 3.92. The number of pyridine rings is 4. The normalized spacial score (nSPS) is 20.9. The fourth-order valence-corrected chi connectivity index (χ4v) is 15.8. The van der Waals surface area contributed by atoms with Crippen LogP contribution in [0.1, 0.15) is 136 Å². The molecule has 1 saturated heterocycles. The molecule has 1 fully saturated rings. The van der Waals surface area contributed by atoms with Gasteiger partial charge in [-0.2, -0.15) is 4.39 Å². The van der Waals surface area contributed by atoms with Crippen LogP contribution in [0, 0.1) is 70.3 Å². The number of nitrogens with zero attached hydrogens (tertiary/aromatic N) is 13. The lowest BCUT2D eigenvalue weighted by Gasteiger charge is -2.44. The number of anilines is 1. The van der Waals surface area contributed by atoms with Crippen LogP contribution in [0.3, 0.4) is 0 Å². The smallest absolute Gasteiger partial charge is 0.266 e. The van der Waals surface area contributed by atoms with Crippen molar-refractivity contribution in [3.63, 3.8) is 0 Å². The first-order valence-corrected chi connectivity index (χ1v) is 36.6. The summed E-state index contributed by atoms with van der Waals surface area (Å²) in [6.45, 7) is 16.2. The SMILES string of the molecule is CC#Cc1cccc(-c2csc([C@@H]3CC(=O)N(C)C(N)=N3)c2)c1.CC#Cc1cncc(-c2cc([C@@]3(C)N=C(N)N(C)C(=O)[C@@H]3F)sc2F)c1.CC#Cc1cncc(-c2cc([C@]3(C)CC(=O)N(C)C(N)=N3)sc2-c2cncc(C#CC)c2)c1.CC#Cc1cncc(N2CCCC([C@]3(C)CC(=O)N(C)C(N)=N3)C2)c1. The summed E-state index contributed by atoms with van der Waals surface area (Å²) in [5, 5.41) is 1.57. The lowest BCUT2D eigenvalue weighted by Crippen LogP contribution is -2.54. The van der Waals surface area contributed by atoms with E-state index in [4.69, 9.17) is 22.9 Å². The number of carbonyl (C=O) groups is 4. The number of nitrogens with two attached hydrogens (primary N) is 4. The summed E-state index contributed by atoms with van der Waals surface area (Å²) in [6.07, 6.45) is 15.0. The number of hydrogen-bond donors (Lipinski definition) is 4. The van der Waals surface area contributed by atoms with Crippen LogP contribution >= 0.6 is 34.0 Å². The van der Waals surface area contributed by atoms with Gasteiger partial charge in [-0.1, -0.05) is 41.7 Å². The van der Waals surface area contributed by atoms with E-state index in [2.05, 4.69) is 147 Å². The Bertz CT molecular complexity index is 5170. The second-order valence-corrected chi connectivity index (χ2v) is 29.3. The van der Waals surface area contributed by atoms with Crippen molar-refractivity contribution in [3.05, 3.63) is 169 Å². The largest absolute Gasteiger partial charge is 0.370 e. The van der Waals surface area contributed by atoms with Crippen LogP contribution < -0.4 is 27.8 Å². The summed E-state index contributed by atoms with van der Waals surface area (Å²) in [5.74, 6) is 29.7. The van der Waals surface area contributed by atoms with Crippen molar-refractivity contribution < 1.29 is 28.0 Å². The highest BCUT2D eigenvalue weighted by Crippen LogP contribution is 2.47. The first kappa shape index (κ1) is 77.7. The number of carbonyl (C=O) groups excluding carboxylic acids is 4. The van der Waals surface area contributed by atoms with Crippen molar-refractivity contribution in [3.8, 4) is 103 Å². The van der Waals surface area contributed by atoms with E-state index in [0.29, 0.717) is 29.9 Å². The minimum atomic E-state index is -1.96. The molecular weight excluding hydrogens is 1410 g/mol. The molecule has 107 heavy (non-hydrogen) atoms. The van der Waals surface area contributed by atoms with E-state index in [-0.39, 0.29) is 64.4 Å². The molecule has 8 aromatic rings. The van der Waals surface area contributed by atoms with Crippen molar-refractivity contribution in [1.29, 1.82) is 0 Å². The molecule has 5 aliphatic rings. The number of amides is 4. The molecule has 5 aliphatic heterocycles. The zero-order chi connectivity index (χ0) is 77.1. The fraction of sp³-hybridized carbons (Fsp3) is 0.309. The first-order valence-electron chi connectivity index (χ1n) is 34.1. The highest BCUT2D eigenvalue weighted by molar-refractivity contribution is 7.16. The lowest BCUT2D eigenvalue weighted by molar-refractivity contribution is -0.135. The molecule has 12 heterocycles. The van der Waals surface area contributed by atoms with Gasteiger partial charge in [0, 0.05) is 166 Å². The Hall–Kier alpha value is -11.9. The van der Waals surface area contributed by atoms with Gasteiger partial charge < -0.3 is 27.8 Å². The van der Waals surface area contributed by atoms with Crippen LogP contribution in [0.2, 0.25) is 0 Å². The van der Waals surface area contributed by atoms with Gasteiger partial charge in [0.15, 0.2) is 29.0 Å². The third-order valence-electron chi connectivity index (χ3n) is 18.7. The molecule has 8 N–H and O–H groups in total. The Morgan fingerprint density at radius 3 is 1.65 bits per heavy atom. The number of aromatic nitrogens is 4. The summed E-state index contributed by atoms with van der Waals surface area (Å²) in [5.41, 5.74) is 31.9. The van der Waals surface area contributed by atoms with Crippen molar-refractivity contribution in [2.75, 3.05) is 46.2 Å². The van der Waals surface area contributed by atoms with Gasteiger partial charge in [0.2, 0.25) is 23.9 Å². The second kappa shape index (κ2) is 33.5. The minimum absolute atomic E-state index is 0.00216. The van der Waals surface area contributed by atoms with Gasteiger partial charge in [-0.25, -0.2) is 24.4 Å². The standard InChI is InChI=1S/C26H23N5OS.C19H25N5O.C18H16F2N4OS.C18H17N3OS/c1-5-7-17-9-19(15-28-13-17)21-11-22(26(3)12-23(32)31(4)25(27)30-26)33-24(21)20-10-18(8-6-2)14-29-16-20;1-4-6-14-9-16(12-21-11-14)24-8-5-7-15(13-24)19(2)10-17(25)23(3)18(20)22-19;1-4-5-10-6-11(9-22-8-10)12-7-13(26-15(12)20)18(2)14(19)16(25)24(3)17(21)23-18;1-3-5-12-6-4-7-13(8-12)14-9-16(23-11-14)15-10-17(22)21(2)18(19)20-15/h9-11,13-16H,12H2,1-4H3,(H2,27,30);9,11-12,15H,5,7-8,10,13H2,1-3H3,(H2,20,22);6-9,14H,1-3H3,(H2,21,23);4,6-9,11,15H,10H2,1-2H3,(H2,19,20)/t26-;15?,19-;14-,18+;15-/m0000/s1. The number of rotatable bonds is 9. The predicted octanol–water partition coefficient (Wildman–Crippen LogP) is 11.3. The summed E-state index contributed by atoms with van der Waals surface area (Å²) < 4.78 is 29.3. The number of thiophene rings is 3. The second-order valence-electron chi connectivity index (χ2n) is 26.3. The number of benzene rings is 1. The maximum absolute atomic E-state index is 14.7. The highest BCUT2D eigenvalue weighted by Gasteiger charge is 2.49. The van der Waals surface area contributed by atoms with E-state index in [1.165, 1.54) is 40.9 Å².